The van der Waals surface area contributed by atoms with Gasteiger partial charge in [0.1, 0.15) is 0 Å². The molecule has 3 fully saturated rings. The highest BCUT2D eigenvalue weighted by Crippen LogP contribution is 2.41. The summed E-state index contributed by atoms with van der Waals surface area (Å²) in [4.78, 5) is 2.71. The fraction of sp³-hybridized carbons (Fsp3) is 1.00. The monoisotopic (exact) mass is 236 g/mol. The van der Waals surface area contributed by atoms with Crippen molar-refractivity contribution in [1.82, 2.24) is 10.2 Å². The molecule has 1 aliphatic carbocycles. The first-order valence-corrected chi connectivity index (χ1v) is 7.55. The largest absolute Gasteiger partial charge is 0.309 e. The van der Waals surface area contributed by atoms with Gasteiger partial charge in [0.15, 0.2) is 0 Å². The quantitative estimate of drug-likeness (QED) is 0.793. The lowest BCUT2D eigenvalue weighted by Crippen LogP contribution is -2.45. The van der Waals surface area contributed by atoms with Crippen molar-refractivity contribution in [3.8, 4) is 0 Å². The maximum atomic E-state index is 4.01. The van der Waals surface area contributed by atoms with Crippen LogP contribution in [0.1, 0.15) is 52.9 Å². The van der Waals surface area contributed by atoms with E-state index in [0.29, 0.717) is 5.41 Å². The summed E-state index contributed by atoms with van der Waals surface area (Å²) >= 11 is 0. The van der Waals surface area contributed by atoms with Gasteiger partial charge in [-0.25, -0.2) is 0 Å². The van der Waals surface area contributed by atoms with Crippen LogP contribution in [0.4, 0.5) is 0 Å². The number of hydrogen-bond acceptors (Lipinski definition) is 2. The van der Waals surface area contributed by atoms with E-state index in [1.807, 2.05) is 0 Å². The lowest BCUT2D eigenvalue weighted by atomic mass is 9.91. The van der Waals surface area contributed by atoms with E-state index >= 15 is 0 Å². The van der Waals surface area contributed by atoms with Crippen LogP contribution in [0.2, 0.25) is 0 Å². The SMILES string of the molecule is CC1CC(C)(C)CC1NC1CCN2CCCC12. The smallest absolute Gasteiger partial charge is 0.0250 e. The fourth-order valence-electron chi connectivity index (χ4n) is 4.67. The molecule has 4 unspecified atom stereocenters. The van der Waals surface area contributed by atoms with Crippen LogP contribution in [0, 0.1) is 11.3 Å². The molecule has 0 spiro atoms. The van der Waals surface area contributed by atoms with E-state index in [1.165, 1.54) is 45.2 Å². The highest BCUT2D eigenvalue weighted by molar-refractivity contribution is 5.00. The summed E-state index contributed by atoms with van der Waals surface area (Å²) in [6.07, 6.45) is 7.01. The van der Waals surface area contributed by atoms with E-state index in [1.54, 1.807) is 0 Å². The Morgan fingerprint density at radius 2 is 1.88 bits per heavy atom. The maximum absolute atomic E-state index is 4.01. The van der Waals surface area contributed by atoms with Crippen molar-refractivity contribution in [2.24, 2.45) is 11.3 Å². The average molecular weight is 236 g/mol. The third-order valence-electron chi connectivity index (χ3n) is 5.37. The van der Waals surface area contributed by atoms with Crippen LogP contribution < -0.4 is 5.32 Å². The Balaban J connectivity index is 1.60. The van der Waals surface area contributed by atoms with Crippen LogP contribution in [0.5, 0.6) is 0 Å². The second kappa shape index (κ2) is 4.24. The van der Waals surface area contributed by atoms with Crippen LogP contribution in [-0.2, 0) is 0 Å². The van der Waals surface area contributed by atoms with Gasteiger partial charge < -0.3 is 5.32 Å². The van der Waals surface area contributed by atoms with E-state index in [0.717, 1.165) is 24.0 Å². The van der Waals surface area contributed by atoms with Gasteiger partial charge in [-0.05, 0) is 50.0 Å². The highest BCUT2D eigenvalue weighted by atomic mass is 15.2. The molecule has 3 aliphatic rings. The molecule has 2 heterocycles. The minimum atomic E-state index is 0.561. The predicted molar refractivity (Wildman–Crippen MR) is 72.1 cm³/mol. The van der Waals surface area contributed by atoms with E-state index in [9.17, 15) is 0 Å². The third-order valence-corrected chi connectivity index (χ3v) is 5.37. The zero-order valence-corrected chi connectivity index (χ0v) is 11.7. The molecule has 2 nitrogen and oxygen atoms in total. The molecular formula is C15H28N2. The van der Waals surface area contributed by atoms with Gasteiger partial charge in [0.05, 0.1) is 0 Å². The molecule has 0 radical (unpaired) electrons. The molecule has 0 aromatic carbocycles. The molecule has 0 amide bonds. The van der Waals surface area contributed by atoms with Crippen LogP contribution >= 0.6 is 0 Å². The first kappa shape index (κ1) is 12.0. The molecule has 4 atom stereocenters. The summed E-state index contributed by atoms with van der Waals surface area (Å²) < 4.78 is 0. The van der Waals surface area contributed by atoms with Gasteiger partial charge in [-0.3, -0.25) is 4.90 Å². The van der Waals surface area contributed by atoms with Crippen LogP contribution in [0.15, 0.2) is 0 Å². The Labute approximate surface area is 106 Å². The Kier molecular flexibility index (Phi) is 2.99. The molecule has 2 heteroatoms. The summed E-state index contributed by atoms with van der Waals surface area (Å²) in [6, 6.07) is 2.43. The minimum Gasteiger partial charge on any atom is -0.309 e. The molecule has 0 aromatic rings. The molecule has 0 aromatic heterocycles. The zero-order chi connectivity index (χ0) is 12.0. The van der Waals surface area contributed by atoms with E-state index in [4.69, 9.17) is 0 Å². The molecule has 3 rings (SSSR count). The zero-order valence-electron chi connectivity index (χ0n) is 11.7. The van der Waals surface area contributed by atoms with Crippen molar-refractivity contribution < 1.29 is 0 Å². The van der Waals surface area contributed by atoms with E-state index in [2.05, 4.69) is 31.0 Å². The van der Waals surface area contributed by atoms with Crippen molar-refractivity contribution in [1.29, 1.82) is 0 Å². The Hall–Kier alpha value is -0.0800. The molecular weight excluding hydrogens is 208 g/mol. The van der Waals surface area contributed by atoms with Gasteiger partial charge in [0.25, 0.3) is 0 Å². The van der Waals surface area contributed by atoms with Crippen molar-refractivity contribution in [2.45, 2.75) is 71.0 Å². The number of fused-ring (bicyclic) bond motifs is 1. The summed E-state index contributed by atoms with van der Waals surface area (Å²) in [5, 5.41) is 4.01. The van der Waals surface area contributed by atoms with Crippen molar-refractivity contribution in [2.75, 3.05) is 13.1 Å². The van der Waals surface area contributed by atoms with Gasteiger partial charge in [0.2, 0.25) is 0 Å². The number of nitrogens with one attached hydrogen (secondary N) is 1. The molecule has 0 bridgehead atoms. The molecule has 2 aliphatic heterocycles. The summed E-state index contributed by atoms with van der Waals surface area (Å²) in [5.41, 5.74) is 0.561. The van der Waals surface area contributed by atoms with Gasteiger partial charge in [-0.15, -0.1) is 0 Å². The lowest BCUT2D eigenvalue weighted by molar-refractivity contribution is 0.276. The van der Waals surface area contributed by atoms with Crippen LogP contribution in [0.3, 0.4) is 0 Å². The van der Waals surface area contributed by atoms with E-state index in [-0.39, 0.29) is 0 Å². The number of nitrogens with zero attached hydrogens (tertiary/aromatic N) is 1. The maximum Gasteiger partial charge on any atom is 0.0250 e. The van der Waals surface area contributed by atoms with Gasteiger partial charge in [0, 0.05) is 24.7 Å². The third kappa shape index (κ3) is 2.26. The summed E-state index contributed by atoms with van der Waals surface area (Å²) in [6.45, 7) is 10.00. The lowest BCUT2D eigenvalue weighted by Gasteiger charge is -2.27. The van der Waals surface area contributed by atoms with Crippen molar-refractivity contribution in [3.63, 3.8) is 0 Å². The standard InChI is InChI=1S/C15H28N2/c1-11-9-15(2,3)10-13(11)16-12-6-8-17-7-4-5-14(12)17/h11-14,16H,4-10H2,1-3H3. The van der Waals surface area contributed by atoms with Crippen molar-refractivity contribution in [3.05, 3.63) is 0 Å². The summed E-state index contributed by atoms with van der Waals surface area (Å²) in [5.74, 6) is 0.862. The molecule has 1 saturated carbocycles. The Bertz CT molecular complexity index is 287. The molecule has 98 valence electrons. The van der Waals surface area contributed by atoms with Gasteiger partial charge >= 0.3 is 0 Å². The normalized spacial score (nSPS) is 45.4. The Morgan fingerprint density at radius 1 is 1.06 bits per heavy atom. The second-order valence-electron chi connectivity index (χ2n) is 7.46. The molecule has 17 heavy (non-hydrogen) atoms. The first-order chi connectivity index (χ1) is 8.05. The fourth-order valence-corrected chi connectivity index (χ4v) is 4.67. The topological polar surface area (TPSA) is 15.3 Å². The van der Waals surface area contributed by atoms with Crippen LogP contribution in [-0.4, -0.2) is 36.1 Å². The van der Waals surface area contributed by atoms with Gasteiger partial charge in [-0.1, -0.05) is 20.8 Å². The predicted octanol–water partition coefficient (Wildman–Crippen LogP) is 2.64. The molecule has 1 N–H and O–H groups in total. The van der Waals surface area contributed by atoms with Crippen LogP contribution in [0.25, 0.3) is 0 Å². The summed E-state index contributed by atoms with van der Waals surface area (Å²) in [7, 11) is 0. The Morgan fingerprint density at radius 3 is 2.59 bits per heavy atom. The van der Waals surface area contributed by atoms with Gasteiger partial charge in [-0.2, -0.15) is 0 Å². The molecule has 2 saturated heterocycles. The van der Waals surface area contributed by atoms with E-state index < -0.39 is 0 Å². The number of rotatable bonds is 2. The first-order valence-electron chi connectivity index (χ1n) is 7.55. The second-order valence-corrected chi connectivity index (χ2v) is 7.46. The average Bonchev–Trinajstić information content (AvgIpc) is 2.84. The van der Waals surface area contributed by atoms with Crippen molar-refractivity contribution >= 4 is 0 Å². The highest BCUT2D eigenvalue weighted by Gasteiger charge is 2.42. The minimum absolute atomic E-state index is 0.561. The number of hydrogen-bond donors (Lipinski definition) is 1.